The van der Waals surface area contributed by atoms with E-state index in [0.29, 0.717) is 35.3 Å². The van der Waals surface area contributed by atoms with Crippen LogP contribution in [0.25, 0.3) is 0 Å². The molecular formula is C16H19NO4. The number of para-hydroxylation sites is 1. The summed E-state index contributed by atoms with van der Waals surface area (Å²) in [5.41, 5.74) is 7.27. The molecule has 112 valence electrons. The van der Waals surface area contributed by atoms with Crippen LogP contribution in [0.5, 0.6) is 23.0 Å². The second-order valence-electron chi connectivity index (χ2n) is 4.35. The molecule has 0 atom stereocenters. The third kappa shape index (κ3) is 3.31. The van der Waals surface area contributed by atoms with Crippen molar-refractivity contribution in [3.8, 4) is 23.0 Å². The third-order valence-corrected chi connectivity index (χ3v) is 3.07. The lowest BCUT2D eigenvalue weighted by Gasteiger charge is -2.15. The highest BCUT2D eigenvalue weighted by atomic mass is 16.5. The van der Waals surface area contributed by atoms with E-state index in [9.17, 15) is 0 Å². The first-order valence-electron chi connectivity index (χ1n) is 6.45. The van der Waals surface area contributed by atoms with E-state index in [1.165, 1.54) is 0 Å². The summed E-state index contributed by atoms with van der Waals surface area (Å²) >= 11 is 0. The lowest BCUT2D eigenvalue weighted by Crippen LogP contribution is -2.02. The Morgan fingerprint density at radius 3 is 2.05 bits per heavy atom. The number of rotatable bonds is 6. The van der Waals surface area contributed by atoms with Gasteiger partial charge in [-0.05, 0) is 24.3 Å². The van der Waals surface area contributed by atoms with Gasteiger partial charge in [0.15, 0.2) is 11.5 Å². The van der Waals surface area contributed by atoms with Crippen molar-refractivity contribution < 1.29 is 18.9 Å². The molecule has 0 aliphatic rings. The minimum absolute atomic E-state index is 0.320. The second-order valence-corrected chi connectivity index (χ2v) is 4.35. The van der Waals surface area contributed by atoms with Gasteiger partial charge in [0.1, 0.15) is 12.4 Å². The smallest absolute Gasteiger partial charge is 0.203 e. The number of hydrogen-bond acceptors (Lipinski definition) is 5. The fraction of sp³-hybridized carbons (Fsp3) is 0.250. The summed E-state index contributed by atoms with van der Waals surface area (Å²) in [6, 6.07) is 10.9. The van der Waals surface area contributed by atoms with E-state index in [1.54, 1.807) is 33.5 Å². The van der Waals surface area contributed by atoms with E-state index in [0.717, 1.165) is 5.56 Å². The maximum Gasteiger partial charge on any atom is 0.203 e. The maximum absolute atomic E-state index is 5.85. The van der Waals surface area contributed by atoms with Crippen LogP contribution in [-0.2, 0) is 6.61 Å². The summed E-state index contributed by atoms with van der Waals surface area (Å²) in [5.74, 6) is 2.47. The summed E-state index contributed by atoms with van der Waals surface area (Å²) in [6.45, 7) is 0.320. The Bertz CT molecular complexity index is 591. The van der Waals surface area contributed by atoms with Crippen LogP contribution >= 0.6 is 0 Å². The highest BCUT2D eigenvalue weighted by Crippen LogP contribution is 2.37. The first kappa shape index (κ1) is 14.8. The number of nitrogens with two attached hydrogens (primary N) is 1. The van der Waals surface area contributed by atoms with E-state index >= 15 is 0 Å². The molecule has 0 aliphatic heterocycles. The van der Waals surface area contributed by atoms with E-state index < -0.39 is 0 Å². The Balaban J connectivity index is 2.24. The molecule has 0 aliphatic carbocycles. The van der Waals surface area contributed by atoms with E-state index in [4.69, 9.17) is 24.7 Å². The van der Waals surface area contributed by atoms with Crippen LogP contribution in [0.4, 0.5) is 5.69 Å². The molecule has 0 unspecified atom stereocenters. The fourth-order valence-corrected chi connectivity index (χ4v) is 1.99. The van der Waals surface area contributed by atoms with Crippen molar-refractivity contribution >= 4 is 5.69 Å². The zero-order chi connectivity index (χ0) is 15.2. The van der Waals surface area contributed by atoms with E-state index in [-0.39, 0.29) is 0 Å². The Morgan fingerprint density at radius 2 is 1.48 bits per heavy atom. The average molecular weight is 289 g/mol. The van der Waals surface area contributed by atoms with Gasteiger partial charge >= 0.3 is 0 Å². The Labute approximate surface area is 124 Å². The normalized spacial score (nSPS) is 10.0. The lowest BCUT2D eigenvalue weighted by atomic mass is 10.2. The summed E-state index contributed by atoms with van der Waals surface area (Å²) in [4.78, 5) is 0. The number of benzene rings is 2. The summed E-state index contributed by atoms with van der Waals surface area (Å²) in [6.07, 6.45) is 0. The fourth-order valence-electron chi connectivity index (χ4n) is 1.99. The molecule has 0 saturated carbocycles. The van der Waals surface area contributed by atoms with Crippen molar-refractivity contribution in [2.24, 2.45) is 0 Å². The van der Waals surface area contributed by atoms with Crippen molar-refractivity contribution in [2.45, 2.75) is 6.61 Å². The van der Waals surface area contributed by atoms with Gasteiger partial charge in [0.05, 0.1) is 21.3 Å². The van der Waals surface area contributed by atoms with Crippen LogP contribution in [0.2, 0.25) is 0 Å². The molecule has 0 fully saturated rings. The molecule has 2 N–H and O–H groups in total. The van der Waals surface area contributed by atoms with E-state index in [1.807, 2.05) is 24.3 Å². The van der Waals surface area contributed by atoms with Gasteiger partial charge in [-0.1, -0.05) is 6.07 Å². The van der Waals surface area contributed by atoms with Crippen LogP contribution in [-0.4, -0.2) is 21.3 Å². The van der Waals surface area contributed by atoms with Gasteiger partial charge in [-0.3, -0.25) is 0 Å². The number of nitrogen functional groups attached to an aromatic ring is 1. The first-order valence-corrected chi connectivity index (χ1v) is 6.45. The molecular weight excluding hydrogens is 270 g/mol. The van der Waals surface area contributed by atoms with Crippen LogP contribution in [0, 0.1) is 0 Å². The molecule has 0 saturated heterocycles. The monoisotopic (exact) mass is 289 g/mol. The molecule has 0 bridgehead atoms. The van der Waals surface area contributed by atoms with Gasteiger partial charge in [0.25, 0.3) is 0 Å². The minimum atomic E-state index is 0.320. The van der Waals surface area contributed by atoms with Gasteiger partial charge in [0.2, 0.25) is 5.75 Å². The molecule has 2 aromatic carbocycles. The highest BCUT2D eigenvalue weighted by Gasteiger charge is 2.12. The van der Waals surface area contributed by atoms with Gasteiger partial charge in [0, 0.05) is 17.3 Å². The second kappa shape index (κ2) is 6.74. The first-order chi connectivity index (χ1) is 10.2. The Morgan fingerprint density at radius 1 is 0.857 bits per heavy atom. The maximum atomic E-state index is 5.85. The van der Waals surface area contributed by atoms with Crippen molar-refractivity contribution in [2.75, 3.05) is 27.1 Å². The summed E-state index contributed by atoms with van der Waals surface area (Å²) < 4.78 is 21.7. The van der Waals surface area contributed by atoms with Crippen LogP contribution < -0.4 is 24.7 Å². The minimum Gasteiger partial charge on any atom is -0.496 e. The SMILES string of the molecule is COc1cc(N)ccc1COc1c(OC)cccc1OC. The predicted octanol–water partition coefficient (Wildman–Crippen LogP) is 2.87. The summed E-state index contributed by atoms with van der Waals surface area (Å²) in [5, 5.41) is 0. The largest absolute Gasteiger partial charge is 0.496 e. The number of methoxy groups -OCH3 is 3. The molecule has 0 amide bonds. The molecule has 0 spiro atoms. The average Bonchev–Trinajstić information content (AvgIpc) is 2.53. The van der Waals surface area contributed by atoms with Crippen molar-refractivity contribution in [3.63, 3.8) is 0 Å². The predicted molar refractivity (Wildman–Crippen MR) is 81.3 cm³/mol. The number of hydrogen-bond donors (Lipinski definition) is 1. The van der Waals surface area contributed by atoms with Crippen molar-refractivity contribution in [1.82, 2.24) is 0 Å². The third-order valence-electron chi connectivity index (χ3n) is 3.07. The molecule has 5 nitrogen and oxygen atoms in total. The lowest BCUT2D eigenvalue weighted by molar-refractivity contribution is 0.261. The molecule has 0 heterocycles. The van der Waals surface area contributed by atoms with Crippen molar-refractivity contribution in [1.29, 1.82) is 0 Å². The van der Waals surface area contributed by atoms with Crippen LogP contribution in [0.3, 0.4) is 0 Å². The molecule has 0 aromatic heterocycles. The molecule has 21 heavy (non-hydrogen) atoms. The van der Waals surface area contributed by atoms with Gasteiger partial charge in [-0.25, -0.2) is 0 Å². The van der Waals surface area contributed by atoms with Crippen LogP contribution in [0.15, 0.2) is 36.4 Å². The number of ether oxygens (including phenoxy) is 4. The van der Waals surface area contributed by atoms with Crippen molar-refractivity contribution in [3.05, 3.63) is 42.0 Å². The summed E-state index contributed by atoms with van der Waals surface area (Å²) in [7, 11) is 4.78. The topological polar surface area (TPSA) is 62.9 Å². The van der Waals surface area contributed by atoms with E-state index in [2.05, 4.69) is 0 Å². The molecule has 2 rings (SSSR count). The zero-order valence-corrected chi connectivity index (χ0v) is 12.4. The Kier molecular flexibility index (Phi) is 4.77. The standard InChI is InChI=1S/C16H19NO4/c1-18-13-5-4-6-14(19-2)16(13)21-10-11-7-8-12(17)9-15(11)20-3/h4-9H,10,17H2,1-3H3. The van der Waals surface area contributed by atoms with Crippen LogP contribution in [0.1, 0.15) is 5.56 Å². The quantitative estimate of drug-likeness (QED) is 0.828. The number of anilines is 1. The zero-order valence-electron chi connectivity index (χ0n) is 12.4. The highest BCUT2D eigenvalue weighted by molar-refractivity contribution is 5.52. The van der Waals surface area contributed by atoms with Gasteiger partial charge < -0.3 is 24.7 Å². The molecule has 5 heteroatoms. The Hall–Kier alpha value is -2.56. The molecule has 2 aromatic rings. The molecule has 0 radical (unpaired) electrons. The van der Waals surface area contributed by atoms with Gasteiger partial charge in [-0.2, -0.15) is 0 Å². The van der Waals surface area contributed by atoms with Gasteiger partial charge in [-0.15, -0.1) is 0 Å².